The summed E-state index contributed by atoms with van der Waals surface area (Å²) < 4.78 is 0. The maximum absolute atomic E-state index is 11.9. The first-order chi connectivity index (χ1) is 7.77. The molecule has 1 amide bonds. The molecule has 1 aliphatic rings. The van der Waals surface area contributed by atoms with Crippen molar-refractivity contribution < 1.29 is 4.79 Å². The van der Waals surface area contributed by atoms with Crippen molar-refractivity contribution in [3.8, 4) is 0 Å². The fraction of sp³-hybridized carbons (Fsp3) is 0.923. The van der Waals surface area contributed by atoms with E-state index in [1.165, 1.54) is 32.1 Å². The molecule has 0 spiro atoms. The number of carbonyl (C=O) groups is 1. The minimum absolute atomic E-state index is 0.00504. The Bertz CT molecular complexity index is 194. The molecule has 0 aromatic carbocycles. The van der Waals surface area contributed by atoms with E-state index in [4.69, 9.17) is 5.73 Å². The molecule has 0 heterocycles. The highest BCUT2D eigenvalue weighted by atomic mass is 16.1. The maximum Gasteiger partial charge on any atom is 0.224 e. The Balaban J connectivity index is 2.35. The highest BCUT2D eigenvalue weighted by Gasteiger charge is 2.19. The van der Waals surface area contributed by atoms with Gasteiger partial charge < -0.3 is 11.1 Å². The average molecular weight is 226 g/mol. The van der Waals surface area contributed by atoms with E-state index >= 15 is 0 Å². The standard InChI is InChI=1S/C13H26N2O/c1-2-11(10-14)13(16)15-12-8-6-4-3-5-7-9-12/h11-12H,2-10,14H2,1H3,(H,15,16). The van der Waals surface area contributed by atoms with Gasteiger partial charge in [0.2, 0.25) is 5.91 Å². The van der Waals surface area contributed by atoms with Crippen molar-refractivity contribution in [3.63, 3.8) is 0 Å². The molecule has 0 saturated heterocycles. The summed E-state index contributed by atoms with van der Waals surface area (Å²) >= 11 is 0. The number of nitrogens with two attached hydrogens (primary N) is 1. The summed E-state index contributed by atoms with van der Waals surface area (Å²) in [6.07, 6.45) is 9.64. The zero-order valence-electron chi connectivity index (χ0n) is 10.5. The first-order valence-electron chi connectivity index (χ1n) is 6.78. The summed E-state index contributed by atoms with van der Waals surface area (Å²) in [6.45, 7) is 2.49. The van der Waals surface area contributed by atoms with Gasteiger partial charge in [-0.1, -0.05) is 39.0 Å². The predicted molar refractivity (Wildman–Crippen MR) is 67.1 cm³/mol. The van der Waals surface area contributed by atoms with Crippen molar-refractivity contribution in [1.29, 1.82) is 0 Å². The van der Waals surface area contributed by atoms with Crippen LogP contribution in [-0.4, -0.2) is 18.5 Å². The smallest absolute Gasteiger partial charge is 0.224 e. The number of nitrogens with one attached hydrogen (secondary N) is 1. The van der Waals surface area contributed by atoms with Gasteiger partial charge in [-0.3, -0.25) is 4.79 Å². The van der Waals surface area contributed by atoms with Crippen LogP contribution in [0.2, 0.25) is 0 Å². The van der Waals surface area contributed by atoms with E-state index in [9.17, 15) is 4.79 Å². The highest BCUT2D eigenvalue weighted by Crippen LogP contribution is 2.17. The van der Waals surface area contributed by atoms with E-state index in [0.29, 0.717) is 12.6 Å². The molecule has 1 atom stereocenters. The molecule has 0 aliphatic heterocycles. The fourth-order valence-electron chi connectivity index (χ4n) is 2.38. The van der Waals surface area contributed by atoms with Crippen molar-refractivity contribution in [3.05, 3.63) is 0 Å². The van der Waals surface area contributed by atoms with Crippen LogP contribution in [0.1, 0.15) is 58.3 Å². The first kappa shape index (κ1) is 13.5. The quantitative estimate of drug-likeness (QED) is 0.772. The summed E-state index contributed by atoms with van der Waals surface area (Å²) in [5, 5.41) is 3.17. The third-order valence-corrected chi connectivity index (χ3v) is 3.60. The van der Waals surface area contributed by atoms with Crippen molar-refractivity contribution in [2.24, 2.45) is 11.7 Å². The topological polar surface area (TPSA) is 55.1 Å². The van der Waals surface area contributed by atoms with Gasteiger partial charge in [-0.25, -0.2) is 0 Å². The van der Waals surface area contributed by atoms with Gasteiger partial charge in [-0.05, 0) is 19.3 Å². The number of rotatable bonds is 4. The monoisotopic (exact) mass is 226 g/mol. The van der Waals surface area contributed by atoms with Crippen LogP contribution in [0, 0.1) is 5.92 Å². The van der Waals surface area contributed by atoms with Gasteiger partial charge >= 0.3 is 0 Å². The van der Waals surface area contributed by atoms with Crippen molar-refractivity contribution in [2.45, 2.75) is 64.3 Å². The number of hydrogen-bond donors (Lipinski definition) is 2. The van der Waals surface area contributed by atoms with Crippen LogP contribution in [0.5, 0.6) is 0 Å². The van der Waals surface area contributed by atoms with E-state index in [0.717, 1.165) is 19.3 Å². The van der Waals surface area contributed by atoms with Gasteiger partial charge in [-0.15, -0.1) is 0 Å². The molecule has 0 radical (unpaired) electrons. The van der Waals surface area contributed by atoms with Gasteiger partial charge in [0.25, 0.3) is 0 Å². The fourth-order valence-corrected chi connectivity index (χ4v) is 2.38. The Morgan fingerprint density at radius 2 is 1.81 bits per heavy atom. The minimum atomic E-state index is 0.00504. The first-order valence-corrected chi connectivity index (χ1v) is 6.78. The van der Waals surface area contributed by atoms with Crippen LogP contribution in [0.4, 0.5) is 0 Å². The molecule has 0 bridgehead atoms. The van der Waals surface area contributed by atoms with Gasteiger partial charge in [0.05, 0.1) is 0 Å². The summed E-state index contributed by atoms with van der Waals surface area (Å²) in [5.41, 5.74) is 5.58. The average Bonchev–Trinajstić information content (AvgIpc) is 2.23. The molecular formula is C13H26N2O. The molecule has 3 heteroatoms. The largest absolute Gasteiger partial charge is 0.353 e. The lowest BCUT2D eigenvalue weighted by Crippen LogP contribution is -2.41. The van der Waals surface area contributed by atoms with E-state index in [-0.39, 0.29) is 11.8 Å². The molecule has 94 valence electrons. The van der Waals surface area contributed by atoms with E-state index in [1.54, 1.807) is 0 Å². The lowest BCUT2D eigenvalue weighted by molar-refractivity contribution is -0.125. The number of hydrogen-bond acceptors (Lipinski definition) is 2. The number of carbonyl (C=O) groups excluding carboxylic acids is 1. The van der Waals surface area contributed by atoms with Gasteiger partial charge in [0.15, 0.2) is 0 Å². The normalized spacial score (nSPS) is 20.9. The lowest BCUT2D eigenvalue weighted by Gasteiger charge is -2.23. The van der Waals surface area contributed by atoms with Crippen LogP contribution >= 0.6 is 0 Å². The second-order valence-corrected chi connectivity index (χ2v) is 4.89. The molecule has 0 aromatic rings. The Labute approximate surface area is 99.2 Å². The summed E-state index contributed by atoms with van der Waals surface area (Å²) in [5.74, 6) is 0.168. The van der Waals surface area contributed by atoms with Crippen LogP contribution < -0.4 is 11.1 Å². The Kier molecular flexibility index (Phi) is 6.46. The summed E-state index contributed by atoms with van der Waals surface area (Å²) in [6, 6.07) is 0.397. The van der Waals surface area contributed by atoms with Gasteiger partial charge in [0, 0.05) is 18.5 Å². The maximum atomic E-state index is 11.9. The van der Waals surface area contributed by atoms with Gasteiger partial charge in [-0.2, -0.15) is 0 Å². The van der Waals surface area contributed by atoms with Crippen molar-refractivity contribution in [1.82, 2.24) is 5.32 Å². The molecule has 1 rings (SSSR count). The summed E-state index contributed by atoms with van der Waals surface area (Å²) in [4.78, 5) is 11.9. The van der Waals surface area contributed by atoms with Crippen LogP contribution in [0.3, 0.4) is 0 Å². The molecule has 3 nitrogen and oxygen atoms in total. The molecule has 0 aromatic heterocycles. The molecule has 1 aliphatic carbocycles. The van der Waals surface area contributed by atoms with Gasteiger partial charge in [0.1, 0.15) is 0 Å². The van der Waals surface area contributed by atoms with Crippen molar-refractivity contribution >= 4 is 5.91 Å². The zero-order chi connectivity index (χ0) is 11.8. The third kappa shape index (κ3) is 4.52. The SMILES string of the molecule is CCC(CN)C(=O)NC1CCCCCCC1. The lowest BCUT2D eigenvalue weighted by atomic mass is 9.96. The summed E-state index contributed by atoms with van der Waals surface area (Å²) in [7, 11) is 0. The van der Waals surface area contributed by atoms with Crippen LogP contribution in [0.25, 0.3) is 0 Å². The molecular weight excluding hydrogens is 200 g/mol. The Morgan fingerprint density at radius 3 is 2.31 bits per heavy atom. The van der Waals surface area contributed by atoms with Crippen LogP contribution in [-0.2, 0) is 4.79 Å². The van der Waals surface area contributed by atoms with Crippen molar-refractivity contribution in [2.75, 3.05) is 6.54 Å². The highest BCUT2D eigenvalue weighted by molar-refractivity contribution is 5.79. The molecule has 3 N–H and O–H groups in total. The molecule has 1 saturated carbocycles. The second kappa shape index (κ2) is 7.66. The van der Waals surface area contributed by atoms with Crippen LogP contribution in [0.15, 0.2) is 0 Å². The molecule has 1 unspecified atom stereocenters. The number of amides is 1. The Morgan fingerprint density at radius 1 is 1.25 bits per heavy atom. The zero-order valence-corrected chi connectivity index (χ0v) is 10.5. The van der Waals surface area contributed by atoms with E-state index in [1.807, 2.05) is 6.92 Å². The third-order valence-electron chi connectivity index (χ3n) is 3.60. The predicted octanol–water partition coefficient (Wildman–Crippen LogP) is 2.20. The van der Waals surface area contributed by atoms with E-state index < -0.39 is 0 Å². The molecule has 1 fully saturated rings. The van der Waals surface area contributed by atoms with E-state index in [2.05, 4.69) is 5.32 Å². The minimum Gasteiger partial charge on any atom is -0.353 e. The second-order valence-electron chi connectivity index (χ2n) is 4.89. The molecule has 16 heavy (non-hydrogen) atoms. The Hall–Kier alpha value is -0.570.